The third-order valence-corrected chi connectivity index (χ3v) is 4.50. The lowest BCUT2D eigenvalue weighted by atomic mass is 9.85. The van der Waals surface area contributed by atoms with Crippen molar-refractivity contribution in [2.75, 3.05) is 25.0 Å². The summed E-state index contributed by atoms with van der Waals surface area (Å²) in [6, 6.07) is 4.63. The van der Waals surface area contributed by atoms with Gasteiger partial charge in [0.2, 0.25) is 5.91 Å². The molecule has 1 heterocycles. The van der Waals surface area contributed by atoms with Crippen LogP contribution in [0.5, 0.6) is 5.75 Å². The van der Waals surface area contributed by atoms with Gasteiger partial charge in [-0.15, -0.1) is 12.4 Å². The standard InChI is InChI=1S/C18H25F3N2O2.ClH/c1-12(14-4-3-7-22-10-14)9-17(24)23-15-5-6-16(13(2)8-15)25-11-18(19,20)21;/h5-6,8,12,14,22H,3-4,7,9-11H2,1-2H3,(H,23,24);1H. The van der Waals surface area contributed by atoms with E-state index < -0.39 is 12.8 Å². The minimum atomic E-state index is -4.37. The van der Waals surface area contributed by atoms with E-state index in [0.29, 0.717) is 23.6 Å². The summed E-state index contributed by atoms with van der Waals surface area (Å²) in [7, 11) is 0. The lowest BCUT2D eigenvalue weighted by Crippen LogP contribution is -2.34. The van der Waals surface area contributed by atoms with Gasteiger partial charge >= 0.3 is 6.18 Å². The third-order valence-electron chi connectivity index (χ3n) is 4.50. The fourth-order valence-corrected chi connectivity index (χ4v) is 3.08. The van der Waals surface area contributed by atoms with Crippen molar-refractivity contribution < 1.29 is 22.7 Å². The van der Waals surface area contributed by atoms with Crippen LogP contribution in [0.1, 0.15) is 31.7 Å². The minimum Gasteiger partial charge on any atom is -0.484 e. The molecule has 1 aromatic rings. The van der Waals surface area contributed by atoms with Crippen LogP contribution < -0.4 is 15.4 Å². The maximum absolute atomic E-state index is 12.2. The van der Waals surface area contributed by atoms with Crippen LogP contribution in [-0.4, -0.2) is 31.8 Å². The summed E-state index contributed by atoms with van der Waals surface area (Å²) in [5.41, 5.74) is 1.11. The number of piperidine rings is 1. The summed E-state index contributed by atoms with van der Waals surface area (Å²) in [5, 5.41) is 6.16. The van der Waals surface area contributed by atoms with Crippen LogP contribution in [0, 0.1) is 18.8 Å². The molecule has 4 nitrogen and oxygen atoms in total. The van der Waals surface area contributed by atoms with E-state index in [2.05, 4.69) is 17.6 Å². The SMILES string of the molecule is Cc1cc(NC(=O)CC(C)C2CCCNC2)ccc1OCC(F)(F)F.Cl. The van der Waals surface area contributed by atoms with E-state index >= 15 is 0 Å². The molecule has 1 fully saturated rings. The second kappa shape index (κ2) is 10.0. The summed E-state index contributed by atoms with van der Waals surface area (Å²) < 4.78 is 41.4. The van der Waals surface area contributed by atoms with E-state index in [0.717, 1.165) is 25.9 Å². The molecule has 1 aliphatic heterocycles. The van der Waals surface area contributed by atoms with Crippen LogP contribution in [0.25, 0.3) is 0 Å². The maximum Gasteiger partial charge on any atom is 0.422 e. The number of ether oxygens (including phenoxy) is 1. The first kappa shape index (κ1) is 22.6. The molecule has 0 aromatic heterocycles. The molecule has 1 aromatic carbocycles. The number of carbonyl (C=O) groups is 1. The van der Waals surface area contributed by atoms with Crippen LogP contribution in [0.15, 0.2) is 18.2 Å². The van der Waals surface area contributed by atoms with E-state index in [4.69, 9.17) is 4.74 Å². The van der Waals surface area contributed by atoms with Gasteiger partial charge in [-0.3, -0.25) is 4.79 Å². The molecule has 148 valence electrons. The Bertz CT molecular complexity index is 590. The van der Waals surface area contributed by atoms with Crippen molar-refractivity contribution >= 4 is 24.0 Å². The smallest absolute Gasteiger partial charge is 0.422 e. The van der Waals surface area contributed by atoms with E-state index in [-0.39, 0.29) is 30.0 Å². The van der Waals surface area contributed by atoms with Crippen LogP contribution in [0.2, 0.25) is 0 Å². The van der Waals surface area contributed by atoms with E-state index in [1.165, 1.54) is 6.07 Å². The predicted octanol–water partition coefficient (Wildman–Crippen LogP) is 4.32. The summed E-state index contributed by atoms with van der Waals surface area (Å²) in [6.07, 6.45) is -1.68. The molecule has 0 saturated carbocycles. The second-order valence-corrected chi connectivity index (χ2v) is 6.72. The number of hydrogen-bond donors (Lipinski definition) is 2. The average Bonchev–Trinajstić information content (AvgIpc) is 2.54. The van der Waals surface area contributed by atoms with Crippen LogP contribution in [0.4, 0.5) is 18.9 Å². The lowest BCUT2D eigenvalue weighted by molar-refractivity contribution is -0.153. The molecule has 1 amide bonds. The number of halogens is 4. The highest BCUT2D eigenvalue weighted by molar-refractivity contribution is 5.91. The van der Waals surface area contributed by atoms with Gasteiger partial charge in [-0.1, -0.05) is 6.92 Å². The zero-order valence-electron chi connectivity index (χ0n) is 15.0. The zero-order chi connectivity index (χ0) is 18.4. The van der Waals surface area contributed by atoms with Crippen molar-refractivity contribution in [1.29, 1.82) is 0 Å². The molecule has 0 spiro atoms. The molecule has 0 bridgehead atoms. The summed E-state index contributed by atoms with van der Waals surface area (Å²) in [6.45, 7) is 4.39. The predicted molar refractivity (Wildman–Crippen MR) is 98.0 cm³/mol. The molecular weight excluding hydrogens is 369 g/mol. The summed E-state index contributed by atoms with van der Waals surface area (Å²) in [5.74, 6) is 0.862. The molecule has 26 heavy (non-hydrogen) atoms. The van der Waals surface area contributed by atoms with Gasteiger partial charge in [-0.2, -0.15) is 13.2 Å². The Morgan fingerprint density at radius 2 is 2.15 bits per heavy atom. The van der Waals surface area contributed by atoms with Gasteiger partial charge < -0.3 is 15.4 Å². The highest BCUT2D eigenvalue weighted by Crippen LogP contribution is 2.26. The van der Waals surface area contributed by atoms with Crippen molar-refractivity contribution in [2.45, 2.75) is 39.3 Å². The van der Waals surface area contributed by atoms with Gasteiger partial charge in [-0.25, -0.2) is 0 Å². The highest BCUT2D eigenvalue weighted by atomic mass is 35.5. The number of anilines is 1. The number of hydrogen-bond acceptors (Lipinski definition) is 3. The third kappa shape index (κ3) is 7.41. The van der Waals surface area contributed by atoms with Gasteiger partial charge in [0, 0.05) is 12.1 Å². The normalized spacial score (nSPS) is 18.6. The molecule has 2 N–H and O–H groups in total. The number of benzene rings is 1. The molecule has 2 unspecified atom stereocenters. The van der Waals surface area contributed by atoms with E-state index in [1.807, 2.05) is 0 Å². The quantitative estimate of drug-likeness (QED) is 0.755. The Labute approximate surface area is 158 Å². The van der Waals surface area contributed by atoms with Gasteiger partial charge in [0.25, 0.3) is 0 Å². The minimum absolute atomic E-state index is 0. The zero-order valence-corrected chi connectivity index (χ0v) is 15.8. The number of rotatable bonds is 6. The Hall–Kier alpha value is -1.47. The van der Waals surface area contributed by atoms with Crippen molar-refractivity contribution in [1.82, 2.24) is 5.32 Å². The van der Waals surface area contributed by atoms with E-state index in [9.17, 15) is 18.0 Å². The monoisotopic (exact) mass is 394 g/mol. The fourth-order valence-electron chi connectivity index (χ4n) is 3.08. The first-order valence-electron chi connectivity index (χ1n) is 8.55. The molecule has 1 aliphatic rings. The van der Waals surface area contributed by atoms with E-state index in [1.54, 1.807) is 19.1 Å². The Kier molecular flexibility index (Phi) is 8.70. The molecule has 0 aliphatic carbocycles. The summed E-state index contributed by atoms with van der Waals surface area (Å²) >= 11 is 0. The Balaban J connectivity index is 0.00000338. The van der Waals surface area contributed by atoms with Crippen LogP contribution >= 0.6 is 12.4 Å². The van der Waals surface area contributed by atoms with Crippen molar-refractivity contribution in [3.8, 4) is 5.75 Å². The summed E-state index contributed by atoms with van der Waals surface area (Å²) in [4.78, 5) is 12.2. The number of carbonyl (C=O) groups excluding carboxylic acids is 1. The molecule has 2 atom stereocenters. The molecule has 1 saturated heterocycles. The Morgan fingerprint density at radius 3 is 2.73 bits per heavy atom. The maximum atomic E-state index is 12.2. The fraction of sp³-hybridized carbons (Fsp3) is 0.611. The number of alkyl halides is 3. The first-order valence-corrected chi connectivity index (χ1v) is 8.55. The molecule has 2 rings (SSSR count). The first-order chi connectivity index (χ1) is 11.7. The average molecular weight is 395 g/mol. The van der Waals surface area contributed by atoms with Gasteiger partial charge in [0.15, 0.2) is 6.61 Å². The van der Waals surface area contributed by atoms with Crippen molar-refractivity contribution in [3.63, 3.8) is 0 Å². The topological polar surface area (TPSA) is 50.4 Å². The van der Waals surface area contributed by atoms with Gasteiger partial charge in [0.1, 0.15) is 5.75 Å². The molecule has 0 radical (unpaired) electrons. The molecule has 8 heteroatoms. The van der Waals surface area contributed by atoms with Crippen molar-refractivity contribution in [2.24, 2.45) is 11.8 Å². The largest absolute Gasteiger partial charge is 0.484 e. The number of nitrogens with one attached hydrogen (secondary N) is 2. The van der Waals surface area contributed by atoms with Gasteiger partial charge in [-0.05, 0) is 68.5 Å². The van der Waals surface area contributed by atoms with Gasteiger partial charge in [0.05, 0.1) is 0 Å². The number of amides is 1. The molecular formula is C18H26ClF3N2O2. The number of aryl methyl sites for hydroxylation is 1. The van der Waals surface area contributed by atoms with Crippen LogP contribution in [-0.2, 0) is 4.79 Å². The Morgan fingerprint density at radius 1 is 1.42 bits per heavy atom. The van der Waals surface area contributed by atoms with Crippen molar-refractivity contribution in [3.05, 3.63) is 23.8 Å². The van der Waals surface area contributed by atoms with Crippen LogP contribution in [0.3, 0.4) is 0 Å². The second-order valence-electron chi connectivity index (χ2n) is 6.72. The lowest BCUT2D eigenvalue weighted by Gasteiger charge is -2.28. The highest BCUT2D eigenvalue weighted by Gasteiger charge is 2.28.